The van der Waals surface area contributed by atoms with Crippen LogP contribution in [0.3, 0.4) is 0 Å². The second-order valence-electron chi connectivity index (χ2n) is 7.17. The number of aromatic nitrogens is 5. The molecule has 134 valence electrons. The van der Waals surface area contributed by atoms with E-state index in [2.05, 4.69) is 11.1 Å². The van der Waals surface area contributed by atoms with Gasteiger partial charge in [-0.3, -0.25) is 0 Å². The van der Waals surface area contributed by atoms with Crippen LogP contribution in [0.2, 0.25) is 17.8 Å². The standard InChI is InChI=1S/C18H16BClN6S/c1-11-6-14-7-13(8-16(20)26(14)23-11)17-24-25-9-15(22-18(25)27-17)12-2-4-19(10-21)5-3-12/h6-9,12H,2-5H2,1H3. The van der Waals surface area contributed by atoms with E-state index in [9.17, 15) is 0 Å². The highest BCUT2D eigenvalue weighted by molar-refractivity contribution is 7.19. The number of rotatable bonds is 2. The lowest BCUT2D eigenvalue weighted by atomic mass is 9.41. The largest absolute Gasteiger partial charge is 0.267 e. The monoisotopic (exact) mass is 394 g/mol. The van der Waals surface area contributed by atoms with Gasteiger partial charge in [-0.05, 0) is 25.1 Å². The van der Waals surface area contributed by atoms with Gasteiger partial charge >= 0.3 is 0 Å². The number of hydrogen-bond donors (Lipinski definition) is 0. The zero-order valence-electron chi connectivity index (χ0n) is 14.8. The van der Waals surface area contributed by atoms with Crippen molar-refractivity contribution in [1.82, 2.24) is 24.2 Å². The molecule has 0 unspecified atom stereocenters. The third-order valence-corrected chi connectivity index (χ3v) is 6.52. The van der Waals surface area contributed by atoms with Gasteiger partial charge in [0.15, 0.2) is 0 Å². The Hall–Kier alpha value is -2.37. The third kappa shape index (κ3) is 2.91. The summed E-state index contributed by atoms with van der Waals surface area (Å²) in [5.74, 6) is 2.83. The average Bonchev–Trinajstić information content (AvgIpc) is 3.34. The Bertz CT molecular complexity index is 1160. The summed E-state index contributed by atoms with van der Waals surface area (Å²) in [6.07, 6.45) is 6.03. The van der Waals surface area contributed by atoms with Gasteiger partial charge in [0.2, 0.25) is 4.96 Å². The van der Waals surface area contributed by atoms with E-state index in [0.29, 0.717) is 11.1 Å². The molecule has 1 saturated heterocycles. The summed E-state index contributed by atoms with van der Waals surface area (Å²) in [5.41, 5.74) is 3.95. The number of aryl methyl sites for hydroxylation is 1. The number of fused-ring (bicyclic) bond motifs is 2. The van der Waals surface area contributed by atoms with Crippen molar-refractivity contribution in [2.45, 2.75) is 38.3 Å². The maximum Gasteiger partial charge on any atom is 0.267 e. The number of hydrogen-bond acceptors (Lipinski definition) is 5. The van der Waals surface area contributed by atoms with Crippen LogP contribution in [0, 0.1) is 18.2 Å². The van der Waals surface area contributed by atoms with E-state index >= 15 is 0 Å². The predicted octanol–water partition coefficient (Wildman–Crippen LogP) is 4.50. The van der Waals surface area contributed by atoms with Crippen LogP contribution in [0.25, 0.3) is 21.0 Å². The Balaban J connectivity index is 1.46. The number of pyridine rings is 1. The number of halogens is 1. The van der Waals surface area contributed by atoms with E-state index in [4.69, 9.17) is 26.9 Å². The van der Waals surface area contributed by atoms with E-state index in [1.54, 1.807) is 15.9 Å². The van der Waals surface area contributed by atoms with Gasteiger partial charge in [-0.25, -0.2) is 19.3 Å². The van der Waals surface area contributed by atoms with E-state index in [0.717, 1.165) is 57.9 Å². The molecule has 5 heterocycles. The summed E-state index contributed by atoms with van der Waals surface area (Å²) >= 11 is 7.94. The van der Waals surface area contributed by atoms with Gasteiger partial charge in [0.25, 0.3) is 6.71 Å². The first-order chi connectivity index (χ1) is 13.1. The van der Waals surface area contributed by atoms with Gasteiger partial charge in [-0.1, -0.05) is 48.4 Å². The minimum Gasteiger partial charge on any atom is -0.222 e. The minimum absolute atomic E-state index is 0.210. The predicted molar refractivity (Wildman–Crippen MR) is 108 cm³/mol. The van der Waals surface area contributed by atoms with Crippen LogP contribution in [0.4, 0.5) is 0 Å². The molecular weight excluding hydrogens is 379 g/mol. The molecule has 27 heavy (non-hydrogen) atoms. The Morgan fingerprint density at radius 3 is 2.81 bits per heavy atom. The second-order valence-corrected chi connectivity index (χ2v) is 8.51. The molecule has 0 saturated carbocycles. The van der Waals surface area contributed by atoms with Crippen LogP contribution < -0.4 is 0 Å². The van der Waals surface area contributed by atoms with Crippen molar-refractivity contribution in [1.29, 1.82) is 5.26 Å². The Labute approximate surface area is 165 Å². The van der Waals surface area contributed by atoms with E-state index in [-0.39, 0.29) is 6.71 Å². The summed E-state index contributed by atoms with van der Waals surface area (Å²) in [6.45, 7) is 2.16. The molecule has 0 N–H and O–H groups in total. The van der Waals surface area contributed by atoms with Crippen molar-refractivity contribution >= 4 is 40.1 Å². The molecular formula is C18H16BClN6S. The Kier molecular flexibility index (Phi) is 3.95. The molecule has 4 aromatic heterocycles. The average molecular weight is 395 g/mol. The number of nitriles is 1. The molecule has 6 nitrogen and oxygen atoms in total. The lowest BCUT2D eigenvalue weighted by molar-refractivity contribution is 0.598. The van der Waals surface area contributed by atoms with Crippen LogP contribution in [0.1, 0.15) is 30.1 Å². The zero-order valence-corrected chi connectivity index (χ0v) is 16.3. The third-order valence-electron chi connectivity index (χ3n) is 5.28. The highest BCUT2D eigenvalue weighted by Gasteiger charge is 2.27. The van der Waals surface area contributed by atoms with Crippen molar-refractivity contribution in [2.24, 2.45) is 0 Å². The fraction of sp³-hybridized carbons (Fsp3) is 0.333. The molecule has 0 bridgehead atoms. The molecule has 1 fully saturated rings. The molecule has 0 aromatic carbocycles. The van der Waals surface area contributed by atoms with Crippen molar-refractivity contribution in [3.8, 4) is 16.5 Å². The van der Waals surface area contributed by atoms with Gasteiger partial charge in [-0.15, -0.1) is 0 Å². The molecule has 0 amide bonds. The van der Waals surface area contributed by atoms with Gasteiger partial charge in [0.1, 0.15) is 10.2 Å². The molecule has 0 radical (unpaired) electrons. The molecule has 5 rings (SSSR count). The van der Waals surface area contributed by atoms with Gasteiger partial charge < -0.3 is 0 Å². The van der Waals surface area contributed by atoms with E-state index < -0.39 is 0 Å². The fourth-order valence-corrected chi connectivity index (χ4v) is 4.98. The van der Waals surface area contributed by atoms with Gasteiger partial charge in [-0.2, -0.15) is 10.2 Å². The summed E-state index contributed by atoms with van der Waals surface area (Å²) in [5, 5.41) is 19.6. The van der Waals surface area contributed by atoms with Crippen LogP contribution >= 0.6 is 22.9 Å². The summed E-state index contributed by atoms with van der Waals surface area (Å²) in [4.78, 5) is 5.70. The number of imidazole rings is 1. The molecule has 1 aliphatic heterocycles. The summed E-state index contributed by atoms with van der Waals surface area (Å²) in [7, 11) is 0. The van der Waals surface area contributed by atoms with Crippen LogP contribution in [-0.2, 0) is 0 Å². The molecule has 4 aromatic rings. The highest BCUT2D eigenvalue weighted by atomic mass is 35.5. The zero-order chi connectivity index (χ0) is 18.5. The maximum atomic E-state index is 9.06. The topological polar surface area (TPSA) is 71.3 Å². The lowest BCUT2D eigenvalue weighted by Gasteiger charge is -2.21. The number of nitrogens with zero attached hydrogens (tertiary/aromatic N) is 6. The minimum atomic E-state index is 0.210. The molecule has 9 heteroatoms. The van der Waals surface area contributed by atoms with Crippen LogP contribution in [0.15, 0.2) is 24.4 Å². The fourth-order valence-electron chi connectivity index (χ4n) is 3.86. The Morgan fingerprint density at radius 2 is 2.07 bits per heavy atom. The van der Waals surface area contributed by atoms with E-state index in [1.807, 2.05) is 35.8 Å². The van der Waals surface area contributed by atoms with Gasteiger partial charge in [0.05, 0.1) is 23.1 Å². The van der Waals surface area contributed by atoms with Crippen molar-refractivity contribution < 1.29 is 0 Å². The van der Waals surface area contributed by atoms with Crippen LogP contribution in [0.5, 0.6) is 0 Å². The lowest BCUT2D eigenvalue weighted by Crippen LogP contribution is -2.19. The first-order valence-electron chi connectivity index (χ1n) is 9.03. The summed E-state index contributed by atoms with van der Waals surface area (Å²) in [6, 6.07) is 5.95. The summed E-state index contributed by atoms with van der Waals surface area (Å²) < 4.78 is 3.60. The first kappa shape index (κ1) is 16.8. The molecule has 1 aliphatic rings. The Morgan fingerprint density at radius 1 is 1.26 bits per heavy atom. The molecule has 0 spiro atoms. The van der Waals surface area contributed by atoms with Gasteiger partial charge in [0, 0.05) is 17.4 Å². The highest BCUT2D eigenvalue weighted by Crippen LogP contribution is 2.35. The van der Waals surface area contributed by atoms with Crippen LogP contribution in [-0.4, -0.2) is 30.9 Å². The second kappa shape index (κ2) is 6.36. The quantitative estimate of drug-likeness (QED) is 0.370. The van der Waals surface area contributed by atoms with Crippen molar-refractivity contribution in [2.75, 3.05) is 0 Å². The van der Waals surface area contributed by atoms with E-state index in [1.165, 1.54) is 0 Å². The maximum absolute atomic E-state index is 9.06. The van der Waals surface area contributed by atoms with Crippen molar-refractivity contribution in [3.05, 3.63) is 40.9 Å². The smallest absolute Gasteiger partial charge is 0.222 e. The van der Waals surface area contributed by atoms with Crippen molar-refractivity contribution in [3.63, 3.8) is 0 Å². The normalized spacial score (nSPS) is 15.7. The SMILES string of the molecule is Cc1cc2cc(-c3nn4cc(C5CCB(C#N)CC5)nc4s3)cc(Cl)n2n1. The molecule has 0 aliphatic carbocycles. The molecule has 0 atom stereocenters. The first-order valence-corrected chi connectivity index (χ1v) is 10.2.